The van der Waals surface area contributed by atoms with Gasteiger partial charge in [0.1, 0.15) is 11.9 Å². The minimum atomic E-state index is -0.128. The van der Waals surface area contributed by atoms with Crippen LogP contribution in [0.1, 0.15) is 39.0 Å². The largest absolute Gasteiger partial charge is 0.462 e. The number of nitrogens with one attached hydrogen (secondary N) is 1. The lowest BCUT2D eigenvalue weighted by molar-refractivity contribution is -0.150. The first-order valence-electron chi connectivity index (χ1n) is 9.05. The Kier molecular flexibility index (Phi) is 6.79. The first-order chi connectivity index (χ1) is 13.0. The fourth-order valence-electron chi connectivity index (χ4n) is 2.98. The van der Waals surface area contributed by atoms with E-state index in [1.807, 2.05) is 31.2 Å². The van der Waals surface area contributed by atoms with E-state index in [4.69, 9.17) is 22.1 Å². The summed E-state index contributed by atoms with van der Waals surface area (Å²) in [5.74, 6) is 0.844. The van der Waals surface area contributed by atoms with Crippen molar-refractivity contribution >= 4 is 41.1 Å². The van der Waals surface area contributed by atoms with E-state index >= 15 is 0 Å². The molecule has 1 aliphatic rings. The topological polar surface area (TPSA) is 90.1 Å². The number of esters is 1. The van der Waals surface area contributed by atoms with Crippen molar-refractivity contribution in [2.45, 2.75) is 61.0 Å². The molecule has 3 rings (SSSR count). The number of hydrogen-bond acceptors (Lipinski definition) is 7. The second-order valence-corrected chi connectivity index (χ2v) is 8.01. The van der Waals surface area contributed by atoms with Crippen molar-refractivity contribution in [2.75, 3.05) is 11.1 Å². The van der Waals surface area contributed by atoms with Gasteiger partial charge in [-0.05, 0) is 49.9 Å². The minimum Gasteiger partial charge on any atom is -0.462 e. The second kappa shape index (κ2) is 9.28. The van der Waals surface area contributed by atoms with Crippen molar-refractivity contribution in [2.24, 2.45) is 0 Å². The van der Waals surface area contributed by atoms with Crippen molar-refractivity contribution in [3.05, 3.63) is 35.5 Å². The molecule has 0 unspecified atom stereocenters. The fourth-order valence-corrected chi connectivity index (χ4v) is 3.94. The van der Waals surface area contributed by atoms with Gasteiger partial charge < -0.3 is 15.8 Å². The van der Waals surface area contributed by atoms with Gasteiger partial charge in [0.25, 0.3) is 0 Å². The Morgan fingerprint density at radius 1 is 1.30 bits per heavy atom. The van der Waals surface area contributed by atoms with Crippen molar-refractivity contribution in [3.8, 4) is 0 Å². The Labute approximate surface area is 168 Å². The maximum atomic E-state index is 11.4. The lowest BCUT2D eigenvalue weighted by Crippen LogP contribution is -2.31. The highest BCUT2D eigenvalue weighted by Crippen LogP contribution is 2.34. The molecule has 1 aromatic heterocycles. The monoisotopic (exact) mass is 406 g/mol. The van der Waals surface area contributed by atoms with Gasteiger partial charge in [-0.25, -0.2) is 4.98 Å². The summed E-state index contributed by atoms with van der Waals surface area (Å²) in [5, 5.41) is 4.19. The van der Waals surface area contributed by atoms with E-state index in [2.05, 4.69) is 15.3 Å². The molecule has 0 saturated heterocycles. The number of carbonyl (C=O) groups excluding carboxylic acids is 1. The maximum absolute atomic E-state index is 11.4. The zero-order chi connectivity index (χ0) is 19.2. The number of ether oxygens (including phenoxy) is 1. The molecule has 0 bridgehead atoms. The Balaban J connectivity index is 1.64. The molecule has 2 aromatic rings. The molecular formula is C19H23ClN4O2S. The number of carbonyl (C=O) groups is 1. The van der Waals surface area contributed by atoms with Gasteiger partial charge in [-0.2, -0.15) is 4.98 Å². The second-order valence-electron chi connectivity index (χ2n) is 6.46. The number of aromatic nitrogens is 2. The zero-order valence-corrected chi connectivity index (χ0v) is 16.7. The van der Waals surface area contributed by atoms with E-state index in [0.717, 1.165) is 41.3 Å². The van der Waals surface area contributed by atoms with Gasteiger partial charge in [0.05, 0.1) is 4.90 Å². The van der Waals surface area contributed by atoms with Crippen LogP contribution < -0.4 is 11.1 Å². The Bertz CT molecular complexity index is 780. The number of benzene rings is 1. The van der Waals surface area contributed by atoms with Crippen LogP contribution in [-0.4, -0.2) is 28.1 Å². The normalized spacial score (nSPS) is 19.5. The fraction of sp³-hybridized carbons (Fsp3) is 0.421. The van der Waals surface area contributed by atoms with Gasteiger partial charge in [-0.15, -0.1) is 0 Å². The van der Waals surface area contributed by atoms with Gasteiger partial charge in [0.2, 0.25) is 5.95 Å². The summed E-state index contributed by atoms with van der Waals surface area (Å²) < 4.78 is 5.44. The third kappa shape index (κ3) is 5.74. The molecule has 6 nitrogen and oxygen atoms in total. The van der Waals surface area contributed by atoms with E-state index < -0.39 is 0 Å². The highest BCUT2D eigenvalue weighted by Gasteiger charge is 2.24. The van der Waals surface area contributed by atoms with E-state index in [9.17, 15) is 4.79 Å². The van der Waals surface area contributed by atoms with Crippen molar-refractivity contribution < 1.29 is 9.53 Å². The maximum Gasteiger partial charge on any atom is 0.305 e. The highest BCUT2D eigenvalue weighted by molar-refractivity contribution is 7.99. The lowest BCUT2D eigenvalue weighted by atomic mass is 9.93. The first-order valence-corrected chi connectivity index (χ1v) is 10.2. The average Bonchev–Trinajstić information content (AvgIpc) is 2.67. The SMILES string of the molecule is CCC(=O)OC1CCC(Nc2nc(N)ncc2Sc2ccc(Cl)cc2)CC1. The molecule has 1 saturated carbocycles. The van der Waals surface area contributed by atoms with Gasteiger partial charge in [0.15, 0.2) is 0 Å². The molecule has 3 N–H and O–H groups in total. The number of nitrogens with two attached hydrogens (primary N) is 1. The average molecular weight is 407 g/mol. The molecule has 0 radical (unpaired) electrons. The molecule has 0 spiro atoms. The van der Waals surface area contributed by atoms with Crippen molar-refractivity contribution in [1.29, 1.82) is 0 Å². The predicted molar refractivity (Wildman–Crippen MR) is 108 cm³/mol. The molecule has 1 aromatic carbocycles. The van der Waals surface area contributed by atoms with E-state index in [-0.39, 0.29) is 24.1 Å². The van der Waals surface area contributed by atoms with E-state index in [1.165, 1.54) is 0 Å². The summed E-state index contributed by atoms with van der Waals surface area (Å²) in [6.07, 6.45) is 5.71. The van der Waals surface area contributed by atoms with Crippen LogP contribution in [0.2, 0.25) is 5.02 Å². The molecule has 1 heterocycles. The lowest BCUT2D eigenvalue weighted by Gasteiger charge is -2.29. The highest BCUT2D eigenvalue weighted by atomic mass is 35.5. The standard InChI is InChI=1S/C19H23ClN4O2S/c1-2-17(25)26-14-7-5-13(6-8-14)23-18-16(11-22-19(21)24-18)27-15-9-3-12(20)4-10-15/h3-4,9-11,13-14H,2,5-8H2,1H3,(H3,21,22,23,24). The predicted octanol–water partition coefficient (Wildman–Crippen LogP) is 4.54. The molecule has 0 amide bonds. The van der Waals surface area contributed by atoms with Crippen LogP contribution in [0.25, 0.3) is 0 Å². The summed E-state index contributed by atoms with van der Waals surface area (Å²) in [4.78, 5) is 21.9. The van der Waals surface area contributed by atoms with Crippen LogP contribution in [-0.2, 0) is 9.53 Å². The first kappa shape index (κ1) is 19.8. The number of anilines is 2. The van der Waals surface area contributed by atoms with Crippen LogP contribution in [0.4, 0.5) is 11.8 Å². The Morgan fingerprint density at radius 3 is 2.67 bits per heavy atom. The molecule has 27 heavy (non-hydrogen) atoms. The molecule has 0 atom stereocenters. The van der Waals surface area contributed by atoms with Crippen molar-refractivity contribution in [3.63, 3.8) is 0 Å². The number of halogens is 1. The summed E-state index contributed by atoms with van der Waals surface area (Å²) in [7, 11) is 0. The van der Waals surface area contributed by atoms with Gasteiger partial charge in [-0.3, -0.25) is 4.79 Å². The Morgan fingerprint density at radius 2 is 2.00 bits per heavy atom. The smallest absolute Gasteiger partial charge is 0.305 e. The summed E-state index contributed by atoms with van der Waals surface area (Å²) >= 11 is 7.51. The molecule has 1 aliphatic carbocycles. The zero-order valence-electron chi connectivity index (χ0n) is 15.2. The van der Waals surface area contributed by atoms with Gasteiger partial charge >= 0.3 is 5.97 Å². The van der Waals surface area contributed by atoms with E-state index in [0.29, 0.717) is 11.4 Å². The number of hydrogen-bond donors (Lipinski definition) is 2. The van der Waals surface area contributed by atoms with Crippen LogP contribution in [0.15, 0.2) is 40.3 Å². The number of rotatable bonds is 6. The molecular weight excluding hydrogens is 384 g/mol. The third-order valence-electron chi connectivity index (χ3n) is 4.42. The van der Waals surface area contributed by atoms with E-state index in [1.54, 1.807) is 18.0 Å². The number of nitrogens with zero attached hydrogens (tertiary/aromatic N) is 2. The minimum absolute atomic E-state index is 0.0221. The third-order valence-corrected chi connectivity index (χ3v) is 5.70. The van der Waals surface area contributed by atoms with Crippen LogP contribution in [0.3, 0.4) is 0 Å². The summed E-state index contributed by atoms with van der Waals surface area (Å²) in [5.41, 5.74) is 5.79. The van der Waals surface area contributed by atoms with Crippen LogP contribution >= 0.6 is 23.4 Å². The van der Waals surface area contributed by atoms with Crippen molar-refractivity contribution in [1.82, 2.24) is 9.97 Å². The Hall–Kier alpha value is -1.99. The van der Waals surface area contributed by atoms with Gasteiger partial charge in [0, 0.05) is 28.6 Å². The summed E-state index contributed by atoms with van der Waals surface area (Å²) in [6, 6.07) is 7.89. The molecule has 144 valence electrons. The molecule has 1 fully saturated rings. The molecule has 0 aliphatic heterocycles. The quantitative estimate of drug-likeness (QED) is 0.680. The van der Waals surface area contributed by atoms with Crippen LogP contribution in [0.5, 0.6) is 0 Å². The summed E-state index contributed by atoms with van der Waals surface area (Å²) in [6.45, 7) is 1.81. The van der Waals surface area contributed by atoms with Crippen LogP contribution in [0, 0.1) is 0 Å². The molecule has 8 heteroatoms. The number of nitrogen functional groups attached to an aromatic ring is 1. The van der Waals surface area contributed by atoms with Gasteiger partial charge in [-0.1, -0.05) is 30.3 Å².